The van der Waals surface area contributed by atoms with Gasteiger partial charge in [0.2, 0.25) is 0 Å². The number of cyclic esters (lactones) is 2. The number of fused-ring (bicyclic) bond motifs is 1. The molecule has 2 aliphatic carbocycles. The predicted octanol–water partition coefficient (Wildman–Crippen LogP) is 2.93. The van der Waals surface area contributed by atoms with Crippen LogP contribution in [-0.4, -0.2) is 53.2 Å². The smallest absolute Gasteiger partial charge is 0.339 e. The van der Waals surface area contributed by atoms with Gasteiger partial charge in [-0.25, -0.2) is 4.79 Å². The fraction of sp³-hybridized carbons (Fsp3) is 0.769. The molecule has 4 saturated heterocycles. The number of rotatable bonds is 1. The highest BCUT2D eigenvalue weighted by Gasteiger charge is 2.89. The monoisotopic (exact) mass is 472 g/mol. The van der Waals surface area contributed by atoms with E-state index in [1.54, 1.807) is 12.5 Å². The van der Waals surface area contributed by atoms with Gasteiger partial charge in [0.05, 0.1) is 36.8 Å². The largest absolute Gasteiger partial charge is 0.472 e. The molecule has 7 rings (SSSR count). The molecule has 0 bridgehead atoms. The highest BCUT2D eigenvalue weighted by Crippen LogP contribution is 2.80. The van der Waals surface area contributed by atoms with Gasteiger partial charge >= 0.3 is 11.9 Å². The maximum atomic E-state index is 13.2. The van der Waals surface area contributed by atoms with Crippen LogP contribution < -0.4 is 0 Å². The number of carbonyl (C=O) groups excluding carboxylic acids is 2. The van der Waals surface area contributed by atoms with E-state index >= 15 is 0 Å². The van der Waals surface area contributed by atoms with Gasteiger partial charge in [-0.1, -0.05) is 13.8 Å². The Bertz CT molecular complexity index is 1080. The van der Waals surface area contributed by atoms with E-state index in [9.17, 15) is 14.7 Å². The van der Waals surface area contributed by atoms with Crippen LogP contribution in [0.15, 0.2) is 23.0 Å². The summed E-state index contributed by atoms with van der Waals surface area (Å²) in [6, 6.07) is 1.84. The summed E-state index contributed by atoms with van der Waals surface area (Å²) in [7, 11) is 0. The van der Waals surface area contributed by atoms with Gasteiger partial charge in [0.1, 0.15) is 18.3 Å². The maximum Gasteiger partial charge on any atom is 0.339 e. The number of esters is 2. The molecule has 1 N–H and O–H groups in total. The lowest BCUT2D eigenvalue weighted by Crippen LogP contribution is -2.73. The number of epoxide rings is 1. The fourth-order valence-electron chi connectivity index (χ4n) is 9.62. The van der Waals surface area contributed by atoms with Crippen LogP contribution in [0.2, 0.25) is 0 Å². The van der Waals surface area contributed by atoms with Crippen molar-refractivity contribution in [2.75, 3.05) is 6.61 Å². The lowest BCUT2D eigenvalue weighted by Gasteiger charge is -2.67. The highest BCUT2D eigenvalue weighted by atomic mass is 16.7. The molecule has 2 saturated carbocycles. The van der Waals surface area contributed by atoms with Crippen molar-refractivity contribution in [1.29, 1.82) is 0 Å². The van der Waals surface area contributed by atoms with Crippen LogP contribution in [0.25, 0.3) is 0 Å². The zero-order valence-electron chi connectivity index (χ0n) is 20.0. The van der Waals surface area contributed by atoms with Crippen molar-refractivity contribution in [2.24, 2.45) is 28.1 Å². The van der Waals surface area contributed by atoms with E-state index in [4.69, 9.17) is 23.4 Å². The number of furan rings is 1. The van der Waals surface area contributed by atoms with E-state index in [-0.39, 0.29) is 42.9 Å². The van der Waals surface area contributed by atoms with E-state index in [0.717, 1.165) is 18.4 Å². The number of aliphatic hydroxyl groups excluding tert-OH is 1. The molecule has 1 aromatic rings. The number of aliphatic hydroxyl groups is 1. The lowest BCUT2D eigenvalue weighted by atomic mass is 9.36. The molecular formula is C26H32O8. The summed E-state index contributed by atoms with van der Waals surface area (Å²) >= 11 is 0. The lowest BCUT2D eigenvalue weighted by molar-refractivity contribution is -0.261. The second-order valence-corrected chi connectivity index (χ2v) is 12.4. The first-order valence-corrected chi connectivity index (χ1v) is 12.4. The van der Waals surface area contributed by atoms with Crippen molar-refractivity contribution < 1.29 is 38.1 Å². The molecule has 5 heterocycles. The topological polar surface area (TPSA) is 108 Å². The molecule has 4 aliphatic heterocycles. The first kappa shape index (κ1) is 21.4. The van der Waals surface area contributed by atoms with Crippen LogP contribution in [0.5, 0.6) is 0 Å². The van der Waals surface area contributed by atoms with Gasteiger partial charge in [-0.3, -0.25) is 4.79 Å². The SMILES string of the molecule is CC1(C)OC2CC(=O)OC[C@]23[C@H]2CC[C@@]4(C)C(c5ccoc5)OC(=O)C5O[C@]54[C@]2(C)C(O)C[C@@H]13. The Balaban J connectivity index is 1.40. The average Bonchev–Trinajstić information content (AvgIpc) is 3.26. The van der Waals surface area contributed by atoms with Gasteiger partial charge in [0.25, 0.3) is 0 Å². The molecule has 34 heavy (non-hydrogen) atoms. The fourth-order valence-corrected chi connectivity index (χ4v) is 9.62. The minimum absolute atomic E-state index is 0.0318. The molecule has 6 fully saturated rings. The summed E-state index contributed by atoms with van der Waals surface area (Å²) in [4.78, 5) is 25.5. The molecule has 184 valence electrons. The molecule has 2 spiro atoms. The zero-order chi connectivity index (χ0) is 23.9. The average molecular weight is 473 g/mol. The van der Waals surface area contributed by atoms with Gasteiger partial charge in [0.15, 0.2) is 6.10 Å². The molecule has 8 nitrogen and oxygen atoms in total. The van der Waals surface area contributed by atoms with Crippen LogP contribution in [0.4, 0.5) is 0 Å². The standard InChI is InChI=1S/C26H32O8/c1-22(2)15-9-16(27)24(4)14(25(15)12-31-18(28)10-17(25)33-22)5-7-23(3)19(13-6-8-30-11-13)32-21(29)20-26(23,24)34-20/h6,8,11,14-17,19-20,27H,5,7,9-10,12H2,1-4H3/t14-,15-,16?,17?,19?,20?,23-,24-,25+,26+/m0/s1. The second kappa shape index (κ2) is 6.08. The summed E-state index contributed by atoms with van der Waals surface area (Å²) in [6.45, 7) is 8.63. The molecule has 10 atom stereocenters. The Kier molecular flexibility index (Phi) is 3.82. The maximum absolute atomic E-state index is 13.2. The predicted molar refractivity (Wildman–Crippen MR) is 115 cm³/mol. The summed E-state index contributed by atoms with van der Waals surface area (Å²) in [5.41, 5.74) is -2.27. The quantitative estimate of drug-likeness (QED) is 0.491. The van der Waals surface area contributed by atoms with Crippen molar-refractivity contribution >= 4 is 11.9 Å². The van der Waals surface area contributed by atoms with E-state index in [2.05, 4.69) is 27.7 Å². The highest BCUT2D eigenvalue weighted by molar-refractivity contribution is 5.82. The van der Waals surface area contributed by atoms with Crippen molar-refractivity contribution in [3.05, 3.63) is 24.2 Å². The number of ether oxygens (including phenoxy) is 4. The van der Waals surface area contributed by atoms with Crippen LogP contribution in [-0.2, 0) is 28.5 Å². The Morgan fingerprint density at radius 2 is 1.85 bits per heavy atom. The third-order valence-electron chi connectivity index (χ3n) is 11.0. The molecule has 8 heteroatoms. The first-order chi connectivity index (χ1) is 16.0. The van der Waals surface area contributed by atoms with Gasteiger partial charge in [0, 0.05) is 27.7 Å². The van der Waals surface area contributed by atoms with Crippen molar-refractivity contribution in [1.82, 2.24) is 0 Å². The van der Waals surface area contributed by atoms with E-state index in [1.807, 2.05) is 6.07 Å². The number of hydrogen-bond donors (Lipinski definition) is 1. The van der Waals surface area contributed by atoms with E-state index in [0.29, 0.717) is 6.42 Å². The Morgan fingerprint density at radius 3 is 2.59 bits per heavy atom. The molecule has 0 amide bonds. The number of carbonyl (C=O) groups is 2. The van der Waals surface area contributed by atoms with Crippen molar-refractivity contribution in [2.45, 2.75) is 89.0 Å². The molecule has 4 unspecified atom stereocenters. The third-order valence-corrected chi connectivity index (χ3v) is 11.0. The third kappa shape index (κ3) is 2.07. The van der Waals surface area contributed by atoms with E-state index in [1.165, 1.54) is 0 Å². The van der Waals surface area contributed by atoms with Gasteiger partial charge in [-0.2, -0.15) is 0 Å². The summed E-state index contributed by atoms with van der Waals surface area (Å²) in [5.74, 6) is -0.625. The second-order valence-electron chi connectivity index (χ2n) is 12.4. The summed E-state index contributed by atoms with van der Waals surface area (Å²) in [5, 5.41) is 11.9. The summed E-state index contributed by atoms with van der Waals surface area (Å²) < 4.78 is 30.0. The van der Waals surface area contributed by atoms with Crippen LogP contribution in [0.1, 0.15) is 65.0 Å². The molecule has 0 radical (unpaired) electrons. The van der Waals surface area contributed by atoms with Crippen LogP contribution >= 0.6 is 0 Å². The Labute approximate surface area is 198 Å². The van der Waals surface area contributed by atoms with Gasteiger partial charge in [-0.15, -0.1) is 0 Å². The van der Waals surface area contributed by atoms with E-state index < -0.39 is 45.8 Å². The Morgan fingerprint density at radius 1 is 1.06 bits per heavy atom. The van der Waals surface area contributed by atoms with Crippen LogP contribution in [0.3, 0.4) is 0 Å². The normalized spacial score (nSPS) is 54.5. The van der Waals surface area contributed by atoms with Gasteiger partial charge < -0.3 is 28.5 Å². The summed E-state index contributed by atoms with van der Waals surface area (Å²) in [6.07, 6.45) is 3.27. The zero-order valence-corrected chi connectivity index (χ0v) is 20.0. The minimum atomic E-state index is -0.877. The van der Waals surface area contributed by atoms with Crippen LogP contribution in [0, 0.1) is 28.1 Å². The van der Waals surface area contributed by atoms with Gasteiger partial charge in [-0.05, 0) is 45.1 Å². The molecule has 1 aromatic heterocycles. The molecule has 0 aromatic carbocycles. The Hall–Kier alpha value is -1.90. The van der Waals surface area contributed by atoms with Crippen molar-refractivity contribution in [3.8, 4) is 0 Å². The molecule has 6 aliphatic rings. The van der Waals surface area contributed by atoms with Crippen molar-refractivity contribution in [3.63, 3.8) is 0 Å². The number of hydrogen-bond acceptors (Lipinski definition) is 8. The molecular weight excluding hydrogens is 440 g/mol. The minimum Gasteiger partial charge on any atom is -0.472 e. The first-order valence-electron chi connectivity index (χ1n) is 12.4.